The molecule has 0 spiro atoms. The molecule has 1 heterocycles. The highest BCUT2D eigenvalue weighted by molar-refractivity contribution is 6.30. The number of halogens is 7. The van der Waals surface area contributed by atoms with Gasteiger partial charge in [-0.15, -0.1) is 0 Å². The molecule has 33 heavy (non-hydrogen) atoms. The normalized spacial score (nSPS) is 18.6. The molecule has 11 heteroatoms. The van der Waals surface area contributed by atoms with Gasteiger partial charge in [0.1, 0.15) is 0 Å². The van der Waals surface area contributed by atoms with E-state index in [2.05, 4.69) is 10.1 Å². The number of carbonyl (C=O) groups is 1. The maximum Gasteiger partial charge on any atom is 0.426 e. The van der Waals surface area contributed by atoms with Crippen molar-refractivity contribution in [3.8, 4) is 0 Å². The van der Waals surface area contributed by atoms with Crippen LogP contribution in [0.4, 0.5) is 36.8 Å². The average molecular weight is 495 g/mol. The van der Waals surface area contributed by atoms with Gasteiger partial charge in [0.2, 0.25) is 6.10 Å². The minimum Gasteiger partial charge on any atom is -0.435 e. The van der Waals surface area contributed by atoms with E-state index >= 15 is 0 Å². The summed E-state index contributed by atoms with van der Waals surface area (Å²) >= 11 is 5.73. The summed E-state index contributed by atoms with van der Waals surface area (Å²) in [7, 11) is 0. The molecule has 180 valence electrons. The first-order valence-corrected chi connectivity index (χ1v) is 10.5. The fourth-order valence-electron chi connectivity index (χ4n) is 3.71. The van der Waals surface area contributed by atoms with Crippen LogP contribution < -0.4 is 5.32 Å². The van der Waals surface area contributed by atoms with Crippen LogP contribution in [-0.4, -0.2) is 42.9 Å². The molecule has 4 nitrogen and oxygen atoms in total. The number of nitrogens with one attached hydrogen (secondary N) is 1. The van der Waals surface area contributed by atoms with Crippen LogP contribution in [0.15, 0.2) is 48.5 Å². The highest BCUT2D eigenvalue weighted by Gasteiger charge is 2.44. The van der Waals surface area contributed by atoms with Crippen molar-refractivity contribution < 1.29 is 35.9 Å². The molecule has 2 aromatic rings. The van der Waals surface area contributed by atoms with Crippen molar-refractivity contribution in [3.63, 3.8) is 0 Å². The van der Waals surface area contributed by atoms with Crippen molar-refractivity contribution in [2.45, 2.75) is 37.2 Å². The second-order valence-corrected chi connectivity index (χ2v) is 8.23. The molecule has 0 bridgehead atoms. The number of benzene rings is 2. The Hall–Kier alpha value is -2.46. The lowest BCUT2D eigenvalue weighted by Gasteiger charge is -2.35. The number of amides is 1. The number of hydrogen-bond acceptors (Lipinski definition) is 3. The number of nitrogens with zero attached hydrogens (tertiary/aromatic N) is 1. The predicted molar refractivity (Wildman–Crippen MR) is 111 cm³/mol. The zero-order valence-corrected chi connectivity index (χ0v) is 18.0. The van der Waals surface area contributed by atoms with E-state index in [9.17, 15) is 31.1 Å². The Bertz CT molecular complexity index is 949. The topological polar surface area (TPSA) is 41.6 Å². The highest BCUT2D eigenvalue weighted by atomic mass is 35.5. The van der Waals surface area contributed by atoms with Crippen LogP contribution in [0.1, 0.15) is 29.9 Å². The number of likely N-dealkylation sites (tertiary alicyclic amines) is 1. The van der Waals surface area contributed by atoms with E-state index in [-0.39, 0.29) is 18.2 Å². The van der Waals surface area contributed by atoms with Gasteiger partial charge in [-0.1, -0.05) is 29.8 Å². The lowest BCUT2D eigenvalue weighted by molar-refractivity contribution is -0.207. The van der Waals surface area contributed by atoms with Gasteiger partial charge in [0, 0.05) is 23.8 Å². The third-order valence-corrected chi connectivity index (χ3v) is 5.57. The maximum atomic E-state index is 13.6. The molecule has 1 N–H and O–H groups in total. The summed E-state index contributed by atoms with van der Waals surface area (Å²) in [6.45, 7) is -0.187. The third kappa shape index (κ3) is 7.26. The van der Waals surface area contributed by atoms with Crippen LogP contribution in [0, 0.1) is 0 Å². The molecule has 1 aliphatic heterocycles. The van der Waals surface area contributed by atoms with Gasteiger partial charge >= 0.3 is 18.4 Å². The molecule has 0 saturated carbocycles. The Morgan fingerprint density at radius 1 is 1.12 bits per heavy atom. The van der Waals surface area contributed by atoms with Crippen molar-refractivity contribution in [2.75, 3.05) is 25.0 Å². The summed E-state index contributed by atoms with van der Waals surface area (Å²) in [5.41, 5.74) is -0.167. The van der Waals surface area contributed by atoms with Crippen molar-refractivity contribution in [3.05, 3.63) is 64.7 Å². The molecule has 0 aliphatic carbocycles. The van der Waals surface area contributed by atoms with Crippen LogP contribution in [0.3, 0.4) is 0 Å². The van der Waals surface area contributed by atoms with E-state index < -0.39 is 36.7 Å². The van der Waals surface area contributed by atoms with Gasteiger partial charge in [-0.3, -0.25) is 10.2 Å². The molecule has 1 amide bonds. The zero-order valence-electron chi connectivity index (χ0n) is 17.2. The summed E-state index contributed by atoms with van der Waals surface area (Å²) in [6.07, 6.45) is -11.9. The van der Waals surface area contributed by atoms with Crippen LogP contribution in [0.2, 0.25) is 5.02 Å². The monoisotopic (exact) mass is 494 g/mol. The minimum absolute atomic E-state index is 0.121. The second-order valence-electron chi connectivity index (χ2n) is 7.79. The number of piperidine rings is 1. The average Bonchev–Trinajstić information content (AvgIpc) is 2.74. The fraction of sp³-hybridized carbons (Fsp3) is 0.409. The van der Waals surface area contributed by atoms with Crippen molar-refractivity contribution in [2.24, 2.45) is 0 Å². The standard InChI is InChI=1S/C22H21ClF6N2O2/c23-17-6-8-18(9-7-17)30-20(32)33-19(22(27,28)29)13-31-10-2-4-15(12-31)14-3-1-5-16(11-14)21(24,25)26/h1,3,5-9,11,15,19H,2,4,10,12-13H2,(H,30,32)/t15?,19-/m0/s1. The molecule has 0 aromatic heterocycles. The Morgan fingerprint density at radius 3 is 2.45 bits per heavy atom. The van der Waals surface area contributed by atoms with Gasteiger partial charge in [0.15, 0.2) is 0 Å². The number of alkyl halides is 6. The molecule has 1 fully saturated rings. The first kappa shape index (κ1) is 25.2. The van der Waals surface area contributed by atoms with Gasteiger partial charge in [-0.05, 0) is 61.2 Å². The minimum atomic E-state index is -4.82. The van der Waals surface area contributed by atoms with Crippen molar-refractivity contribution in [1.29, 1.82) is 0 Å². The SMILES string of the molecule is O=C(Nc1ccc(Cl)cc1)O[C@@H](CN1CCCC(c2cccc(C(F)(F)F)c2)C1)C(F)(F)F. The summed E-state index contributed by atoms with van der Waals surface area (Å²) in [6, 6.07) is 10.6. The summed E-state index contributed by atoms with van der Waals surface area (Å²) in [4.78, 5) is 13.5. The number of rotatable bonds is 5. The van der Waals surface area contributed by atoms with E-state index in [1.54, 1.807) is 6.07 Å². The largest absolute Gasteiger partial charge is 0.435 e. The van der Waals surface area contributed by atoms with Gasteiger partial charge < -0.3 is 4.74 Å². The van der Waals surface area contributed by atoms with Crippen LogP contribution in [0.25, 0.3) is 0 Å². The first-order chi connectivity index (χ1) is 15.4. The van der Waals surface area contributed by atoms with Crippen LogP contribution in [0.5, 0.6) is 0 Å². The lowest BCUT2D eigenvalue weighted by atomic mass is 9.89. The third-order valence-electron chi connectivity index (χ3n) is 5.32. The fourth-order valence-corrected chi connectivity index (χ4v) is 3.84. The number of anilines is 1. The van der Waals surface area contributed by atoms with Crippen molar-refractivity contribution in [1.82, 2.24) is 4.90 Å². The van der Waals surface area contributed by atoms with E-state index in [4.69, 9.17) is 11.6 Å². The Morgan fingerprint density at radius 2 is 1.82 bits per heavy atom. The first-order valence-electron chi connectivity index (χ1n) is 10.1. The molecular weight excluding hydrogens is 474 g/mol. The predicted octanol–water partition coefficient (Wildman–Crippen LogP) is 6.72. The zero-order chi connectivity index (χ0) is 24.2. The van der Waals surface area contributed by atoms with Crippen LogP contribution in [-0.2, 0) is 10.9 Å². The molecular formula is C22H21ClF6N2O2. The Kier molecular flexibility index (Phi) is 7.79. The molecule has 2 aromatic carbocycles. The number of hydrogen-bond donors (Lipinski definition) is 1. The maximum absolute atomic E-state index is 13.6. The summed E-state index contributed by atoms with van der Waals surface area (Å²) in [5.74, 6) is -0.363. The van der Waals surface area contributed by atoms with Crippen molar-refractivity contribution >= 4 is 23.4 Å². The molecule has 3 rings (SSSR count). The molecule has 2 atom stereocenters. The Labute approximate surface area is 191 Å². The van der Waals surface area contributed by atoms with Crippen LogP contribution >= 0.6 is 11.6 Å². The van der Waals surface area contributed by atoms with E-state index in [0.717, 1.165) is 12.1 Å². The molecule has 0 radical (unpaired) electrons. The molecule has 1 aliphatic rings. The smallest absolute Gasteiger partial charge is 0.426 e. The Balaban J connectivity index is 1.65. The van der Waals surface area contributed by atoms with Gasteiger partial charge in [0.05, 0.1) is 5.56 Å². The quantitative estimate of drug-likeness (QED) is 0.469. The number of ether oxygens (including phenoxy) is 1. The van der Waals surface area contributed by atoms with Gasteiger partial charge in [-0.25, -0.2) is 4.79 Å². The van der Waals surface area contributed by atoms with E-state index in [0.29, 0.717) is 30.0 Å². The lowest BCUT2D eigenvalue weighted by Crippen LogP contribution is -2.47. The number of carbonyl (C=O) groups excluding carboxylic acids is 1. The highest BCUT2D eigenvalue weighted by Crippen LogP contribution is 2.34. The summed E-state index contributed by atoms with van der Waals surface area (Å²) < 4.78 is 84.4. The summed E-state index contributed by atoms with van der Waals surface area (Å²) in [5, 5.41) is 2.61. The van der Waals surface area contributed by atoms with E-state index in [1.807, 2.05) is 0 Å². The molecule has 1 unspecified atom stereocenters. The molecule has 1 saturated heterocycles. The van der Waals surface area contributed by atoms with E-state index in [1.165, 1.54) is 35.2 Å². The van der Waals surface area contributed by atoms with Gasteiger partial charge in [-0.2, -0.15) is 26.3 Å². The second kappa shape index (κ2) is 10.2. The van der Waals surface area contributed by atoms with Gasteiger partial charge in [0.25, 0.3) is 0 Å².